The number of likely N-dealkylation sites (tertiary alicyclic amines) is 1. The molecular formula is C14H30IN3O3S. The Morgan fingerprint density at radius 1 is 1.41 bits per heavy atom. The molecule has 0 amide bonds. The van der Waals surface area contributed by atoms with E-state index in [2.05, 4.69) is 15.2 Å². The zero-order chi connectivity index (χ0) is 16.1. The van der Waals surface area contributed by atoms with Gasteiger partial charge in [0, 0.05) is 39.7 Å². The Kier molecular flexibility index (Phi) is 9.23. The number of sulfone groups is 1. The minimum absolute atomic E-state index is 0. The van der Waals surface area contributed by atoms with Gasteiger partial charge in [-0.2, -0.15) is 0 Å². The van der Waals surface area contributed by atoms with Gasteiger partial charge in [-0.05, 0) is 27.2 Å². The van der Waals surface area contributed by atoms with Crippen LogP contribution in [0.2, 0.25) is 0 Å². The number of hydrogen-bond donors (Lipinski definition) is 1. The van der Waals surface area contributed by atoms with Gasteiger partial charge < -0.3 is 15.0 Å². The normalized spacial score (nSPS) is 20.0. The van der Waals surface area contributed by atoms with Crippen LogP contribution in [0.4, 0.5) is 0 Å². The summed E-state index contributed by atoms with van der Waals surface area (Å²) in [6.07, 6.45) is 1.08. The van der Waals surface area contributed by atoms with Gasteiger partial charge in [-0.3, -0.25) is 4.99 Å². The zero-order valence-corrected chi connectivity index (χ0v) is 17.4. The van der Waals surface area contributed by atoms with Crippen molar-refractivity contribution in [2.24, 2.45) is 10.9 Å². The highest BCUT2D eigenvalue weighted by Gasteiger charge is 2.29. The van der Waals surface area contributed by atoms with Crippen molar-refractivity contribution >= 4 is 39.8 Å². The second-order valence-corrected chi connectivity index (χ2v) is 9.32. The molecule has 6 nitrogen and oxygen atoms in total. The molecule has 0 saturated carbocycles. The van der Waals surface area contributed by atoms with Crippen LogP contribution in [-0.2, 0) is 14.6 Å². The lowest BCUT2D eigenvalue weighted by atomic mass is 10.1. The molecule has 1 fully saturated rings. The van der Waals surface area contributed by atoms with Gasteiger partial charge in [-0.15, -0.1) is 24.0 Å². The van der Waals surface area contributed by atoms with E-state index in [1.165, 1.54) is 0 Å². The van der Waals surface area contributed by atoms with Crippen LogP contribution in [0.25, 0.3) is 0 Å². The van der Waals surface area contributed by atoms with E-state index in [1.54, 1.807) is 34.9 Å². The summed E-state index contributed by atoms with van der Waals surface area (Å²) in [4.78, 5) is 6.40. The molecule has 132 valence electrons. The van der Waals surface area contributed by atoms with Gasteiger partial charge >= 0.3 is 0 Å². The number of guanidine groups is 1. The van der Waals surface area contributed by atoms with Crippen molar-refractivity contribution in [1.29, 1.82) is 0 Å². The number of rotatable bonds is 5. The predicted molar refractivity (Wildman–Crippen MR) is 102 cm³/mol. The molecule has 0 aliphatic carbocycles. The molecular weight excluding hydrogens is 417 g/mol. The fourth-order valence-electron chi connectivity index (χ4n) is 2.33. The lowest BCUT2D eigenvalue weighted by molar-refractivity contribution is 0.157. The largest absolute Gasteiger partial charge is 0.384 e. The van der Waals surface area contributed by atoms with Gasteiger partial charge in [0.2, 0.25) is 0 Å². The number of nitrogens with zero attached hydrogens (tertiary/aromatic N) is 2. The third-order valence-corrected chi connectivity index (χ3v) is 6.39. The van der Waals surface area contributed by atoms with Gasteiger partial charge in [0.05, 0.1) is 17.1 Å². The predicted octanol–water partition coefficient (Wildman–Crippen LogP) is 1.36. The van der Waals surface area contributed by atoms with Crippen molar-refractivity contribution in [3.8, 4) is 0 Å². The molecule has 0 aromatic heterocycles. The molecule has 0 radical (unpaired) electrons. The molecule has 8 heteroatoms. The second-order valence-electron chi connectivity index (χ2n) is 6.46. The highest BCUT2D eigenvalue weighted by atomic mass is 127. The molecule has 0 spiro atoms. The Hall–Kier alpha value is -0.0900. The number of ether oxygens (including phenoxy) is 1. The van der Waals surface area contributed by atoms with E-state index >= 15 is 0 Å². The van der Waals surface area contributed by atoms with E-state index in [9.17, 15) is 8.42 Å². The molecule has 0 bridgehead atoms. The topological polar surface area (TPSA) is 71.0 Å². The van der Waals surface area contributed by atoms with E-state index in [0.29, 0.717) is 12.5 Å². The number of nitrogens with one attached hydrogen (secondary N) is 1. The van der Waals surface area contributed by atoms with Crippen molar-refractivity contribution in [1.82, 2.24) is 10.2 Å². The Morgan fingerprint density at radius 2 is 2.05 bits per heavy atom. The Bertz CT molecular complexity index is 460. The van der Waals surface area contributed by atoms with E-state index in [-0.39, 0.29) is 29.7 Å². The fourth-order valence-corrected chi connectivity index (χ4v) is 3.32. The summed E-state index contributed by atoms with van der Waals surface area (Å²) < 4.78 is 28.6. The SMILES string of the molecule is CN=C(NCCS(=O)(=O)C(C)(C)C)N1CCC(COC)C1.I. The van der Waals surface area contributed by atoms with Crippen molar-refractivity contribution in [3.05, 3.63) is 0 Å². The minimum atomic E-state index is -3.10. The molecule has 1 aliphatic rings. The molecule has 1 aliphatic heterocycles. The highest BCUT2D eigenvalue weighted by molar-refractivity contribution is 14.0. The number of aliphatic imine (C=N–C) groups is 1. The van der Waals surface area contributed by atoms with Gasteiger partial charge in [-0.25, -0.2) is 8.42 Å². The summed E-state index contributed by atoms with van der Waals surface area (Å²) in [6.45, 7) is 8.16. The van der Waals surface area contributed by atoms with E-state index in [4.69, 9.17) is 4.74 Å². The number of hydrogen-bond acceptors (Lipinski definition) is 4. The second kappa shape index (κ2) is 9.27. The van der Waals surface area contributed by atoms with E-state index in [1.807, 2.05) is 0 Å². The highest BCUT2D eigenvalue weighted by Crippen LogP contribution is 2.17. The summed E-state index contributed by atoms with van der Waals surface area (Å²) in [5, 5.41) is 3.16. The molecule has 0 aromatic rings. The van der Waals surface area contributed by atoms with Crippen LogP contribution in [0.1, 0.15) is 27.2 Å². The third-order valence-electron chi connectivity index (χ3n) is 3.79. The summed E-state index contributed by atoms with van der Waals surface area (Å²) in [7, 11) is 0.341. The average Bonchev–Trinajstić information content (AvgIpc) is 2.82. The Balaban J connectivity index is 0.00000441. The molecule has 1 N–H and O–H groups in total. The molecule has 0 aromatic carbocycles. The van der Waals surface area contributed by atoms with Crippen molar-refractivity contribution in [2.45, 2.75) is 31.9 Å². The Morgan fingerprint density at radius 3 is 2.55 bits per heavy atom. The smallest absolute Gasteiger partial charge is 0.193 e. The first-order valence-electron chi connectivity index (χ1n) is 7.38. The maximum Gasteiger partial charge on any atom is 0.193 e. The van der Waals surface area contributed by atoms with Crippen LogP contribution in [0, 0.1) is 5.92 Å². The van der Waals surface area contributed by atoms with Crippen LogP contribution >= 0.6 is 24.0 Å². The summed E-state index contributed by atoms with van der Waals surface area (Å²) in [5.74, 6) is 1.41. The van der Waals surface area contributed by atoms with Crippen molar-refractivity contribution in [2.75, 3.05) is 46.2 Å². The summed E-state index contributed by atoms with van der Waals surface area (Å²) in [5.41, 5.74) is 0. The first kappa shape index (κ1) is 21.9. The molecule has 22 heavy (non-hydrogen) atoms. The summed E-state index contributed by atoms with van der Waals surface area (Å²) >= 11 is 0. The number of methoxy groups -OCH3 is 1. The zero-order valence-electron chi connectivity index (χ0n) is 14.3. The van der Waals surface area contributed by atoms with Gasteiger partial charge in [0.1, 0.15) is 0 Å². The van der Waals surface area contributed by atoms with E-state index < -0.39 is 14.6 Å². The third kappa shape index (κ3) is 6.19. The monoisotopic (exact) mass is 447 g/mol. The van der Waals surface area contributed by atoms with Crippen LogP contribution in [0.5, 0.6) is 0 Å². The molecule has 1 unspecified atom stereocenters. The lowest BCUT2D eigenvalue weighted by Crippen LogP contribution is -2.43. The van der Waals surface area contributed by atoms with E-state index in [0.717, 1.165) is 32.1 Å². The van der Waals surface area contributed by atoms with Gasteiger partial charge in [0.15, 0.2) is 15.8 Å². The molecule has 1 rings (SSSR count). The molecule has 1 atom stereocenters. The maximum absolute atomic E-state index is 12.1. The average molecular weight is 447 g/mol. The van der Waals surface area contributed by atoms with Crippen LogP contribution in [0.15, 0.2) is 4.99 Å². The maximum atomic E-state index is 12.1. The van der Waals surface area contributed by atoms with Gasteiger partial charge in [0.25, 0.3) is 0 Å². The van der Waals surface area contributed by atoms with Crippen molar-refractivity contribution in [3.63, 3.8) is 0 Å². The summed E-state index contributed by atoms with van der Waals surface area (Å²) in [6, 6.07) is 0. The Labute approximate surface area is 152 Å². The first-order valence-corrected chi connectivity index (χ1v) is 9.03. The molecule has 1 heterocycles. The lowest BCUT2D eigenvalue weighted by Gasteiger charge is -2.23. The quantitative estimate of drug-likeness (QED) is 0.392. The van der Waals surface area contributed by atoms with Crippen LogP contribution in [0.3, 0.4) is 0 Å². The minimum Gasteiger partial charge on any atom is -0.384 e. The van der Waals surface area contributed by atoms with Crippen LogP contribution in [-0.4, -0.2) is 70.2 Å². The standard InChI is InChI=1S/C14H29N3O3S.HI/c1-14(2,3)21(18,19)9-7-16-13(15-4)17-8-6-12(10-17)11-20-5;/h12H,6-11H2,1-5H3,(H,15,16);1H. The number of halogens is 1. The fraction of sp³-hybridized carbons (Fsp3) is 0.929. The van der Waals surface area contributed by atoms with Crippen LogP contribution < -0.4 is 5.32 Å². The molecule has 1 saturated heterocycles. The first-order chi connectivity index (χ1) is 9.71. The van der Waals surface area contributed by atoms with Crippen molar-refractivity contribution < 1.29 is 13.2 Å². The van der Waals surface area contributed by atoms with Gasteiger partial charge in [-0.1, -0.05) is 0 Å².